The molecule has 9 nitrogen and oxygen atoms in total. The van der Waals surface area contributed by atoms with E-state index in [1.165, 1.54) is 19.8 Å². The molecule has 0 N–H and O–H groups in total. The van der Waals surface area contributed by atoms with Crippen molar-refractivity contribution in [3.63, 3.8) is 0 Å². The van der Waals surface area contributed by atoms with Crippen molar-refractivity contribution >= 4 is 18.1 Å². The molecule has 0 aromatic carbocycles. The van der Waals surface area contributed by atoms with Gasteiger partial charge >= 0.3 is 12.3 Å². The predicted molar refractivity (Wildman–Crippen MR) is 186 cm³/mol. The molecule has 0 bridgehead atoms. The van der Waals surface area contributed by atoms with Crippen LogP contribution in [0.2, 0.25) is 0 Å². The summed E-state index contributed by atoms with van der Waals surface area (Å²) in [5, 5.41) is 0. The Balaban J connectivity index is 1.36. The SMILES string of the molecule is CCCC[C@H](CC(=O)C(C)(C)OC1CCCCO1)[C@H](C)[C@H]1CC[C@H]2C3=CC=C4C[C@@H](OC(=O)OC)C[C@H](OC(=O)OC)[C@]4(C)[C@H]3CC[C@]12C. The lowest BCUT2D eigenvalue weighted by Crippen LogP contribution is -2.54. The average Bonchev–Trinajstić information content (AvgIpc) is 3.44. The number of rotatable bonds is 12. The van der Waals surface area contributed by atoms with E-state index in [1.54, 1.807) is 0 Å². The monoisotopic (exact) mass is 686 g/mol. The highest BCUT2D eigenvalue weighted by Gasteiger charge is 2.60. The number of ether oxygens (including phenoxy) is 6. The van der Waals surface area contributed by atoms with Crippen molar-refractivity contribution in [2.24, 2.45) is 40.4 Å². The van der Waals surface area contributed by atoms with Gasteiger partial charge in [-0.3, -0.25) is 4.79 Å². The Kier molecular flexibility index (Phi) is 11.9. The Morgan fingerprint density at radius 1 is 0.980 bits per heavy atom. The molecule has 0 aromatic heterocycles. The van der Waals surface area contributed by atoms with Gasteiger partial charge in [-0.25, -0.2) is 9.59 Å². The van der Waals surface area contributed by atoms with E-state index in [9.17, 15) is 14.4 Å². The lowest BCUT2D eigenvalue weighted by atomic mass is 9.49. The molecule has 0 aromatic rings. The molecule has 0 spiro atoms. The normalized spacial score (nSPS) is 35.3. The van der Waals surface area contributed by atoms with Crippen molar-refractivity contribution < 1.29 is 42.8 Å². The minimum absolute atomic E-state index is 0.114. The molecule has 1 heterocycles. The van der Waals surface area contributed by atoms with Crippen LogP contribution in [0.25, 0.3) is 0 Å². The van der Waals surface area contributed by atoms with Gasteiger partial charge in [0, 0.05) is 31.3 Å². The topological polar surface area (TPSA) is 107 Å². The molecule has 0 radical (unpaired) electrons. The van der Waals surface area contributed by atoms with Gasteiger partial charge in [-0.15, -0.1) is 0 Å². The van der Waals surface area contributed by atoms with E-state index in [2.05, 4.69) is 39.8 Å². The minimum Gasteiger partial charge on any atom is -0.438 e. The smallest absolute Gasteiger partial charge is 0.438 e. The molecule has 1 aliphatic heterocycles. The van der Waals surface area contributed by atoms with Gasteiger partial charge in [-0.2, -0.15) is 0 Å². The van der Waals surface area contributed by atoms with Crippen molar-refractivity contribution in [1.82, 2.24) is 0 Å². The fourth-order valence-corrected chi connectivity index (χ4v) is 10.5. The quantitative estimate of drug-likeness (QED) is 0.186. The number of methoxy groups -OCH3 is 2. The van der Waals surface area contributed by atoms with E-state index >= 15 is 0 Å². The summed E-state index contributed by atoms with van der Waals surface area (Å²) in [6.07, 6.45) is 13.9. The highest BCUT2D eigenvalue weighted by atomic mass is 16.7. The van der Waals surface area contributed by atoms with Gasteiger partial charge in [0.25, 0.3) is 0 Å². The Labute approximate surface area is 294 Å². The zero-order valence-corrected chi connectivity index (χ0v) is 31.3. The van der Waals surface area contributed by atoms with Gasteiger partial charge in [0.05, 0.1) is 14.2 Å². The van der Waals surface area contributed by atoms with E-state index in [4.69, 9.17) is 28.4 Å². The van der Waals surface area contributed by atoms with E-state index in [-0.39, 0.29) is 23.4 Å². The summed E-state index contributed by atoms with van der Waals surface area (Å²) < 4.78 is 33.4. The number of carbonyl (C=O) groups is 3. The first-order valence-corrected chi connectivity index (χ1v) is 19.0. The first-order valence-electron chi connectivity index (χ1n) is 19.0. The predicted octanol–water partition coefficient (Wildman–Crippen LogP) is 9.12. The number of carbonyl (C=O) groups excluding carboxylic acids is 3. The molecular weight excluding hydrogens is 624 g/mol. The molecule has 1 saturated heterocycles. The number of unbranched alkanes of at least 4 members (excludes halogenated alkanes) is 1. The second kappa shape index (κ2) is 15.5. The Bertz CT molecular complexity index is 1260. The summed E-state index contributed by atoms with van der Waals surface area (Å²) in [5.41, 5.74) is 1.42. The van der Waals surface area contributed by atoms with Gasteiger partial charge in [0.2, 0.25) is 0 Å². The summed E-state index contributed by atoms with van der Waals surface area (Å²) in [7, 11) is 2.62. The van der Waals surface area contributed by atoms with Crippen molar-refractivity contribution in [3.8, 4) is 0 Å². The maximum atomic E-state index is 13.9. The highest BCUT2D eigenvalue weighted by molar-refractivity contribution is 5.86. The van der Waals surface area contributed by atoms with Crippen LogP contribution >= 0.6 is 0 Å². The van der Waals surface area contributed by atoms with Gasteiger partial charge in [-0.1, -0.05) is 63.8 Å². The molecule has 5 rings (SSSR count). The van der Waals surface area contributed by atoms with Gasteiger partial charge in [-0.05, 0) is 100 Å². The lowest BCUT2D eigenvalue weighted by molar-refractivity contribution is -0.215. The molecule has 49 heavy (non-hydrogen) atoms. The summed E-state index contributed by atoms with van der Waals surface area (Å²) in [5.74, 6) is 2.02. The number of Topliss-reactive ketones (excluding diaryl/α,β-unsaturated/α-hetero) is 1. The number of allylic oxidation sites excluding steroid dienone is 3. The molecule has 5 aliphatic rings. The molecule has 4 fully saturated rings. The molecule has 0 amide bonds. The highest BCUT2D eigenvalue weighted by Crippen LogP contribution is 2.67. The maximum Gasteiger partial charge on any atom is 0.508 e. The first-order chi connectivity index (χ1) is 23.3. The molecule has 276 valence electrons. The number of hydrogen-bond acceptors (Lipinski definition) is 9. The van der Waals surface area contributed by atoms with Gasteiger partial charge in [0.1, 0.15) is 17.8 Å². The second-order valence-electron chi connectivity index (χ2n) is 16.5. The van der Waals surface area contributed by atoms with Crippen molar-refractivity contribution in [2.45, 2.75) is 149 Å². The largest absolute Gasteiger partial charge is 0.508 e. The summed E-state index contributed by atoms with van der Waals surface area (Å²) >= 11 is 0. The third-order valence-electron chi connectivity index (χ3n) is 13.5. The van der Waals surface area contributed by atoms with E-state index < -0.39 is 35.5 Å². The Morgan fingerprint density at radius 3 is 2.39 bits per heavy atom. The first kappa shape index (κ1) is 37.9. The number of fused-ring (bicyclic) bond motifs is 5. The third-order valence-corrected chi connectivity index (χ3v) is 13.5. The number of hydrogen-bond donors (Lipinski definition) is 0. The lowest BCUT2D eigenvalue weighted by Gasteiger charge is -2.57. The molecule has 3 saturated carbocycles. The van der Waals surface area contributed by atoms with Crippen molar-refractivity contribution in [2.75, 3.05) is 20.8 Å². The minimum atomic E-state index is -0.873. The van der Waals surface area contributed by atoms with Gasteiger partial charge < -0.3 is 28.4 Å². The van der Waals surface area contributed by atoms with Crippen LogP contribution in [0.3, 0.4) is 0 Å². The molecular formula is C40H62O9. The number of ketones is 1. The van der Waals surface area contributed by atoms with E-state index in [0.717, 1.165) is 69.8 Å². The van der Waals surface area contributed by atoms with Crippen LogP contribution in [0.5, 0.6) is 0 Å². The average molecular weight is 687 g/mol. The molecule has 1 unspecified atom stereocenters. The molecule has 10 atom stereocenters. The van der Waals surface area contributed by atoms with Gasteiger partial charge in [0.15, 0.2) is 12.1 Å². The van der Waals surface area contributed by atoms with Crippen LogP contribution in [0, 0.1) is 40.4 Å². The summed E-state index contributed by atoms with van der Waals surface area (Å²) in [4.78, 5) is 38.5. The Hall–Kier alpha value is -2.39. The fourth-order valence-electron chi connectivity index (χ4n) is 10.5. The zero-order valence-electron chi connectivity index (χ0n) is 31.3. The van der Waals surface area contributed by atoms with E-state index in [1.807, 2.05) is 13.8 Å². The standard InChI is InChI=1S/C40H62O9/c1-9-10-13-26(22-33(41)38(3,4)49-35-14-11-12-21-46-35)25(2)30-17-18-31-29-16-15-27-23-28(47-36(42)44-7)24-34(48-37(43)45-8)40(27,6)32(29)19-20-39(30,31)5/h15-16,25-26,28,30-32,34-35H,9-14,17-24H2,1-8H3/t25-,26+,28+,30+,31-,32-,34-,35?,39+,40-/m0/s1. The fraction of sp³-hybridized carbons (Fsp3) is 0.825. The molecule has 4 aliphatic carbocycles. The molecule has 9 heteroatoms. The maximum absolute atomic E-state index is 13.9. The van der Waals surface area contributed by atoms with Crippen LogP contribution in [0.1, 0.15) is 125 Å². The summed E-state index contributed by atoms with van der Waals surface area (Å²) in [6.45, 7) is 13.9. The van der Waals surface area contributed by atoms with Crippen LogP contribution in [0.15, 0.2) is 23.3 Å². The second-order valence-corrected chi connectivity index (χ2v) is 16.5. The van der Waals surface area contributed by atoms with Crippen molar-refractivity contribution in [3.05, 3.63) is 23.3 Å². The summed E-state index contributed by atoms with van der Waals surface area (Å²) in [6, 6.07) is 0. The van der Waals surface area contributed by atoms with Crippen LogP contribution in [-0.4, -0.2) is 63.0 Å². The zero-order chi connectivity index (χ0) is 35.6. The van der Waals surface area contributed by atoms with Crippen LogP contribution in [-0.2, 0) is 33.2 Å². The van der Waals surface area contributed by atoms with E-state index in [0.29, 0.717) is 49.5 Å². The Morgan fingerprint density at radius 2 is 1.71 bits per heavy atom. The van der Waals surface area contributed by atoms with Crippen LogP contribution in [0.4, 0.5) is 9.59 Å². The van der Waals surface area contributed by atoms with Crippen LogP contribution < -0.4 is 0 Å². The van der Waals surface area contributed by atoms with Crippen molar-refractivity contribution in [1.29, 1.82) is 0 Å². The third kappa shape index (κ3) is 7.63.